The van der Waals surface area contributed by atoms with Gasteiger partial charge in [0.15, 0.2) is 0 Å². The predicted molar refractivity (Wildman–Crippen MR) is 73.6 cm³/mol. The number of benzene rings is 1. The number of hydrogen-bond acceptors (Lipinski definition) is 2. The number of carbonyl (C=O) groups is 1. The fourth-order valence-electron chi connectivity index (χ4n) is 1.44. The van der Waals surface area contributed by atoms with Gasteiger partial charge in [-0.25, -0.2) is 14.7 Å². The van der Waals surface area contributed by atoms with E-state index in [4.69, 9.17) is 0 Å². The van der Waals surface area contributed by atoms with E-state index < -0.39 is 6.09 Å². The van der Waals surface area contributed by atoms with E-state index in [1.165, 1.54) is 4.90 Å². The van der Waals surface area contributed by atoms with Gasteiger partial charge in [0.05, 0.1) is 5.69 Å². The largest absolute Gasteiger partial charge is 0.464 e. The van der Waals surface area contributed by atoms with Crippen molar-refractivity contribution in [3.63, 3.8) is 0 Å². The second-order valence-corrected chi connectivity index (χ2v) is 4.42. The normalized spacial score (nSPS) is 9.94. The quantitative estimate of drug-likeness (QED) is 0.852. The number of rotatable bonds is 2. The average Bonchev–Trinajstić information content (AvgIpc) is 2.33. The molecule has 1 amide bonds. The molecule has 0 atom stereocenters. The molecule has 0 fully saturated rings. The molecule has 2 aromatic rings. The smallest absolute Gasteiger partial charge is 0.417 e. The zero-order chi connectivity index (χ0) is 12.3. The third-order valence-corrected chi connectivity index (χ3v) is 3.08. The van der Waals surface area contributed by atoms with Crippen molar-refractivity contribution in [2.24, 2.45) is 0 Å². The van der Waals surface area contributed by atoms with E-state index in [0.29, 0.717) is 11.5 Å². The van der Waals surface area contributed by atoms with Crippen molar-refractivity contribution < 1.29 is 9.90 Å². The van der Waals surface area contributed by atoms with Crippen LogP contribution in [0.25, 0.3) is 0 Å². The van der Waals surface area contributed by atoms with Gasteiger partial charge in [-0.1, -0.05) is 18.2 Å². The highest BCUT2D eigenvalue weighted by atomic mass is 127. The molecule has 1 heterocycles. The molecule has 1 aromatic carbocycles. The van der Waals surface area contributed by atoms with Gasteiger partial charge < -0.3 is 5.11 Å². The minimum atomic E-state index is -1.05. The molecule has 0 radical (unpaired) electrons. The molecule has 1 N–H and O–H groups in total. The van der Waals surface area contributed by atoms with E-state index in [1.54, 1.807) is 36.5 Å². The van der Waals surface area contributed by atoms with Gasteiger partial charge in [-0.05, 0) is 46.9 Å². The number of halogens is 1. The van der Waals surface area contributed by atoms with Crippen LogP contribution in [0.2, 0.25) is 0 Å². The highest BCUT2D eigenvalue weighted by Gasteiger charge is 2.19. The van der Waals surface area contributed by atoms with Crippen LogP contribution in [0.5, 0.6) is 0 Å². The number of hydrogen-bond donors (Lipinski definition) is 1. The second kappa shape index (κ2) is 5.13. The Bertz CT molecular complexity index is 531. The van der Waals surface area contributed by atoms with Crippen LogP contribution in [-0.2, 0) is 0 Å². The predicted octanol–water partition coefficient (Wildman–Crippen LogP) is 3.50. The molecule has 0 bridgehead atoms. The minimum absolute atomic E-state index is 0.393. The molecule has 1 aromatic heterocycles. The number of para-hydroxylation sites is 1. The van der Waals surface area contributed by atoms with Crippen molar-refractivity contribution in [1.29, 1.82) is 0 Å². The Balaban J connectivity index is 2.51. The number of anilines is 2. The first kappa shape index (κ1) is 11.8. The number of pyridine rings is 1. The Morgan fingerprint density at radius 1 is 1.18 bits per heavy atom. The minimum Gasteiger partial charge on any atom is -0.464 e. The van der Waals surface area contributed by atoms with Crippen molar-refractivity contribution in [2.75, 3.05) is 4.90 Å². The zero-order valence-corrected chi connectivity index (χ0v) is 10.9. The molecular formula is C12H9IN2O2. The maximum atomic E-state index is 11.3. The van der Waals surface area contributed by atoms with Crippen molar-refractivity contribution in [3.8, 4) is 0 Å². The molecule has 0 aliphatic rings. The number of carboxylic acid groups (broad SMARTS) is 1. The van der Waals surface area contributed by atoms with E-state index in [9.17, 15) is 9.90 Å². The first-order valence-electron chi connectivity index (χ1n) is 4.89. The van der Waals surface area contributed by atoms with Gasteiger partial charge in [0.25, 0.3) is 0 Å². The van der Waals surface area contributed by atoms with Crippen LogP contribution >= 0.6 is 22.6 Å². The van der Waals surface area contributed by atoms with E-state index >= 15 is 0 Å². The van der Waals surface area contributed by atoms with Gasteiger partial charge in [-0.2, -0.15) is 0 Å². The molecule has 0 saturated carbocycles. The lowest BCUT2D eigenvalue weighted by atomic mass is 10.3. The lowest BCUT2D eigenvalue weighted by Gasteiger charge is -2.19. The Morgan fingerprint density at radius 2 is 1.88 bits per heavy atom. The summed E-state index contributed by atoms with van der Waals surface area (Å²) in [6, 6.07) is 12.4. The second-order valence-electron chi connectivity index (χ2n) is 3.26. The molecule has 17 heavy (non-hydrogen) atoms. The van der Waals surface area contributed by atoms with E-state index in [2.05, 4.69) is 27.6 Å². The third-order valence-electron chi connectivity index (χ3n) is 2.16. The van der Waals surface area contributed by atoms with E-state index in [1.807, 2.05) is 12.1 Å². The highest BCUT2D eigenvalue weighted by molar-refractivity contribution is 14.1. The number of amides is 1. The zero-order valence-electron chi connectivity index (χ0n) is 8.75. The van der Waals surface area contributed by atoms with E-state index in [-0.39, 0.29) is 0 Å². The van der Waals surface area contributed by atoms with Gasteiger partial charge in [0.1, 0.15) is 5.82 Å². The van der Waals surface area contributed by atoms with Gasteiger partial charge >= 0.3 is 6.09 Å². The first-order chi connectivity index (χ1) is 8.20. The van der Waals surface area contributed by atoms with Crippen LogP contribution in [0.4, 0.5) is 16.3 Å². The van der Waals surface area contributed by atoms with Crippen LogP contribution in [0.1, 0.15) is 0 Å². The van der Waals surface area contributed by atoms with E-state index in [0.717, 1.165) is 3.57 Å². The van der Waals surface area contributed by atoms with Gasteiger partial charge in [0.2, 0.25) is 0 Å². The Labute approximate surface area is 112 Å². The summed E-state index contributed by atoms with van der Waals surface area (Å²) in [5, 5.41) is 9.29. The molecular weight excluding hydrogens is 331 g/mol. The summed E-state index contributed by atoms with van der Waals surface area (Å²) >= 11 is 2.10. The van der Waals surface area contributed by atoms with Crippen LogP contribution in [0.3, 0.4) is 0 Å². The maximum Gasteiger partial charge on any atom is 0.417 e. The summed E-state index contributed by atoms with van der Waals surface area (Å²) in [6.07, 6.45) is 0.522. The third kappa shape index (κ3) is 2.55. The molecule has 5 heteroatoms. The Hall–Kier alpha value is -1.63. The summed E-state index contributed by atoms with van der Waals surface area (Å²) < 4.78 is 0.859. The maximum absolute atomic E-state index is 11.3. The van der Waals surface area contributed by atoms with Gasteiger partial charge in [-0.3, -0.25) is 0 Å². The molecule has 0 saturated heterocycles. The SMILES string of the molecule is O=C(O)N(c1ccccn1)c1ccccc1I. The van der Waals surface area contributed by atoms with Crippen molar-refractivity contribution in [2.45, 2.75) is 0 Å². The highest BCUT2D eigenvalue weighted by Crippen LogP contribution is 2.28. The van der Waals surface area contributed by atoms with Gasteiger partial charge in [-0.15, -0.1) is 0 Å². The molecule has 0 aliphatic carbocycles. The molecule has 2 rings (SSSR count). The van der Waals surface area contributed by atoms with Crippen LogP contribution in [-0.4, -0.2) is 16.2 Å². The van der Waals surface area contributed by atoms with Crippen molar-refractivity contribution >= 4 is 40.2 Å². The lowest BCUT2D eigenvalue weighted by molar-refractivity contribution is 0.204. The summed E-state index contributed by atoms with van der Waals surface area (Å²) in [7, 11) is 0. The summed E-state index contributed by atoms with van der Waals surface area (Å²) in [4.78, 5) is 16.6. The van der Waals surface area contributed by atoms with Crippen LogP contribution in [0, 0.1) is 3.57 Å². The molecule has 0 unspecified atom stereocenters. The summed E-state index contributed by atoms with van der Waals surface area (Å²) in [5.74, 6) is 0.393. The number of nitrogens with zero attached hydrogens (tertiary/aromatic N) is 2. The van der Waals surface area contributed by atoms with Crippen molar-refractivity contribution in [1.82, 2.24) is 4.98 Å². The topological polar surface area (TPSA) is 53.4 Å². The molecule has 4 nitrogen and oxygen atoms in total. The molecule has 86 valence electrons. The monoisotopic (exact) mass is 340 g/mol. The van der Waals surface area contributed by atoms with Crippen LogP contribution in [0.15, 0.2) is 48.7 Å². The number of aromatic nitrogens is 1. The fourth-order valence-corrected chi connectivity index (χ4v) is 2.07. The van der Waals surface area contributed by atoms with Crippen LogP contribution < -0.4 is 4.90 Å². The summed E-state index contributed by atoms with van der Waals surface area (Å²) in [5.41, 5.74) is 0.610. The standard InChI is InChI=1S/C12H9IN2O2/c13-9-5-1-2-6-10(9)15(12(16)17)11-7-3-4-8-14-11/h1-8H,(H,16,17). The molecule has 0 spiro atoms. The average molecular weight is 340 g/mol. The van der Waals surface area contributed by atoms with Gasteiger partial charge in [0, 0.05) is 9.77 Å². The Morgan fingerprint density at radius 3 is 2.47 bits per heavy atom. The first-order valence-corrected chi connectivity index (χ1v) is 5.96. The fraction of sp³-hybridized carbons (Fsp3) is 0. The molecule has 0 aliphatic heterocycles. The van der Waals surface area contributed by atoms with Crippen molar-refractivity contribution in [3.05, 3.63) is 52.2 Å². The Kier molecular flexibility index (Phi) is 3.58. The lowest BCUT2D eigenvalue weighted by Crippen LogP contribution is -2.25. The summed E-state index contributed by atoms with van der Waals surface area (Å²) in [6.45, 7) is 0.